The molecule has 1 atom stereocenters. The Hall–Kier alpha value is -0.450. The molecule has 18 heavy (non-hydrogen) atoms. The molecule has 1 unspecified atom stereocenters. The quantitative estimate of drug-likeness (QED) is 0.736. The van der Waals surface area contributed by atoms with Crippen LogP contribution in [0.5, 0.6) is 0 Å². The normalized spacial score (nSPS) is 17.6. The summed E-state index contributed by atoms with van der Waals surface area (Å²) in [5.74, 6) is 1.08. The van der Waals surface area contributed by atoms with Gasteiger partial charge in [-0.1, -0.05) is 34.1 Å². The van der Waals surface area contributed by atoms with Gasteiger partial charge in [0.25, 0.3) is 0 Å². The Balaban J connectivity index is 1.88. The molecule has 0 radical (unpaired) electrons. The summed E-state index contributed by atoms with van der Waals surface area (Å²) in [7, 11) is 0. The summed E-state index contributed by atoms with van der Waals surface area (Å²) in [6.07, 6.45) is 0. The number of thioether (sulfide) groups is 1. The summed E-state index contributed by atoms with van der Waals surface area (Å²) in [6, 6.07) is 15.2. The van der Waals surface area contributed by atoms with Crippen LogP contribution in [0, 0.1) is 0 Å². The summed E-state index contributed by atoms with van der Waals surface area (Å²) in [6.45, 7) is 0. The van der Waals surface area contributed by atoms with Crippen molar-refractivity contribution in [2.24, 2.45) is 0 Å². The largest absolute Gasteiger partial charge is 0.376 e. The lowest BCUT2D eigenvalue weighted by Gasteiger charge is -2.16. The zero-order valence-electron chi connectivity index (χ0n) is 9.49. The Morgan fingerprint density at radius 3 is 2.83 bits per heavy atom. The fraction of sp³-hybridized carbons (Fsp3) is 0.143. The van der Waals surface area contributed by atoms with Crippen LogP contribution in [0.2, 0.25) is 0 Å². The van der Waals surface area contributed by atoms with Crippen LogP contribution in [-0.2, 0) is 0 Å². The zero-order chi connectivity index (χ0) is 12.5. The van der Waals surface area contributed by atoms with Crippen LogP contribution in [0.1, 0.15) is 11.6 Å². The molecule has 3 rings (SSSR count). The van der Waals surface area contributed by atoms with Gasteiger partial charge in [-0.05, 0) is 45.8 Å². The van der Waals surface area contributed by atoms with E-state index in [1.54, 1.807) is 0 Å². The minimum atomic E-state index is 0.386. The van der Waals surface area contributed by atoms with E-state index in [1.807, 2.05) is 17.8 Å². The highest BCUT2D eigenvalue weighted by Gasteiger charge is 2.22. The second-order valence-electron chi connectivity index (χ2n) is 4.17. The van der Waals surface area contributed by atoms with E-state index < -0.39 is 0 Å². The number of halogens is 2. The van der Waals surface area contributed by atoms with E-state index in [9.17, 15) is 0 Å². The Morgan fingerprint density at radius 1 is 1.11 bits per heavy atom. The van der Waals surface area contributed by atoms with Crippen molar-refractivity contribution in [3.8, 4) is 0 Å². The van der Waals surface area contributed by atoms with Crippen molar-refractivity contribution in [1.29, 1.82) is 0 Å². The molecule has 1 aliphatic rings. The molecule has 4 heteroatoms. The lowest BCUT2D eigenvalue weighted by molar-refractivity contribution is 0.899. The fourth-order valence-electron chi connectivity index (χ4n) is 2.08. The lowest BCUT2D eigenvalue weighted by atomic mass is 10.1. The second-order valence-corrected chi connectivity index (χ2v) is 7.00. The van der Waals surface area contributed by atoms with Crippen molar-refractivity contribution >= 4 is 49.3 Å². The van der Waals surface area contributed by atoms with Gasteiger partial charge >= 0.3 is 0 Å². The third kappa shape index (κ3) is 2.46. The van der Waals surface area contributed by atoms with Gasteiger partial charge in [0.2, 0.25) is 0 Å². The maximum Gasteiger partial charge on any atom is 0.0619 e. The van der Waals surface area contributed by atoms with Crippen LogP contribution in [0.25, 0.3) is 0 Å². The number of hydrogen-bond donors (Lipinski definition) is 1. The summed E-state index contributed by atoms with van der Waals surface area (Å²) in [5, 5.41) is 3.61. The van der Waals surface area contributed by atoms with Gasteiger partial charge in [-0.2, -0.15) is 0 Å². The van der Waals surface area contributed by atoms with E-state index in [-0.39, 0.29) is 0 Å². The van der Waals surface area contributed by atoms with Crippen LogP contribution < -0.4 is 5.32 Å². The minimum Gasteiger partial charge on any atom is -0.376 e. The van der Waals surface area contributed by atoms with Gasteiger partial charge in [0.05, 0.1) is 11.7 Å². The summed E-state index contributed by atoms with van der Waals surface area (Å²) in [5.41, 5.74) is 2.53. The Labute approximate surface area is 128 Å². The van der Waals surface area contributed by atoms with Gasteiger partial charge in [0.15, 0.2) is 0 Å². The smallest absolute Gasteiger partial charge is 0.0619 e. The maximum atomic E-state index is 3.61. The van der Waals surface area contributed by atoms with Crippen LogP contribution in [-0.4, -0.2) is 5.75 Å². The van der Waals surface area contributed by atoms with Crippen molar-refractivity contribution in [1.82, 2.24) is 0 Å². The summed E-state index contributed by atoms with van der Waals surface area (Å²) in [4.78, 5) is 1.39. The molecular formula is C14H11Br2NS. The molecule has 0 saturated heterocycles. The predicted octanol–water partition coefficient (Wildman–Crippen LogP) is 5.47. The first-order valence-corrected chi connectivity index (χ1v) is 8.24. The van der Waals surface area contributed by atoms with Crippen molar-refractivity contribution in [3.05, 3.63) is 57.0 Å². The molecular weight excluding hydrogens is 374 g/mol. The van der Waals surface area contributed by atoms with Crippen molar-refractivity contribution in [2.75, 3.05) is 11.1 Å². The maximum absolute atomic E-state index is 3.61. The lowest BCUT2D eigenvalue weighted by Crippen LogP contribution is -2.10. The van der Waals surface area contributed by atoms with E-state index >= 15 is 0 Å². The molecule has 2 aromatic carbocycles. The molecule has 1 nitrogen and oxygen atoms in total. The zero-order valence-corrected chi connectivity index (χ0v) is 13.5. The first-order chi connectivity index (χ1) is 8.74. The van der Waals surface area contributed by atoms with Crippen LogP contribution in [0.4, 0.5) is 5.69 Å². The molecule has 1 heterocycles. The van der Waals surface area contributed by atoms with Gasteiger partial charge in [0, 0.05) is 19.6 Å². The monoisotopic (exact) mass is 383 g/mol. The molecule has 0 aliphatic carbocycles. The van der Waals surface area contributed by atoms with Gasteiger partial charge in [0.1, 0.15) is 0 Å². The van der Waals surface area contributed by atoms with Gasteiger partial charge in [-0.15, -0.1) is 11.8 Å². The number of fused-ring (bicyclic) bond motifs is 1. The van der Waals surface area contributed by atoms with E-state index in [0.717, 1.165) is 20.4 Å². The van der Waals surface area contributed by atoms with E-state index in [2.05, 4.69) is 73.6 Å². The Kier molecular flexibility index (Phi) is 3.68. The molecule has 1 aliphatic heterocycles. The first-order valence-electron chi connectivity index (χ1n) is 5.67. The molecule has 0 amide bonds. The second kappa shape index (κ2) is 5.27. The number of nitrogens with one attached hydrogen (secondary N) is 1. The summed E-state index contributed by atoms with van der Waals surface area (Å²) < 4.78 is 2.19. The first kappa shape index (κ1) is 12.6. The molecule has 0 bridgehead atoms. The molecule has 1 N–H and O–H groups in total. The molecule has 0 aromatic heterocycles. The third-order valence-corrected chi connectivity index (χ3v) is 5.33. The number of hydrogen-bond acceptors (Lipinski definition) is 2. The topological polar surface area (TPSA) is 12.0 Å². The molecule has 0 spiro atoms. The van der Waals surface area contributed by atoms with Crippen molar-refractivity contribution < 1.29 is 0 Å². The van der Waals surface area contributed by atoms with Crippen LogP contribution in [0.15, 0.2) is 56.3 Å². The minimum absolute atomic E-state index is 0.386. The van der Waals surface area contributed by atoms with Gasteiger partial charge < -0.3 is 5.32 Å². The highest BCUT2D eigenvalue weighted by Crippen LogP contribution is 2.40. The summed E-state index contributed by atoms with van der Waals surface area (Å²) >= 11 is 9.01. The molecule has 0 saturated carbocycles. The average Bonchev–Trinajstić information content (AvgIpc) is 2.78. The highest BCUT2D eigenvalue weighted by molar-refractivity contribution is 9.11. The molecule has 2 aromatic rings. The van der Waals surface area contributed by atoms with Crippen molar-refractivity contribution in [3.63, 3.8) is 0 Å². The van der Waals surface area contributed by atoms with Gasteiger partial charge in [-0.25, -0.2) is 0 Å². The SMILES string of the molecule is Brc1ccc(Br)c(NC2CSc3ccccc32)c1. The van der Waals surface area contributed by atoms with E-state index in [0.29, 0.717) is 6.04 Å². The Bertz CT molecular complexity index is 586. The number of rotatable bonds is 2. The standard InChI is InChI=1S/C14H11Br2NS/c15-9-5-6-11(16)12(7-9)17-13-8-18-14-4-2-1-3-10(13)14/h1-7,13,17H,8H2. The molecule has 92 valence electrons. The molecule has 0 fully saturated rings. The van der Waals surface area contributed by atoms with Gasteiger partial charge in [-0.3, -0.25) is 0 Å². The number of benzene rings is 2. The predicted molar refractivity (Wildman–Crippen MR) is 85.4 cm³/mol. The fourth-order valence-corrected chi connectivity index (χ4v) is 3.96. The average molecular weight is 385 g/mol. The van der Waals surface area contributed by atoms with E-state index in [1.165, 1.54) is 10.5 Å². The van der Waals surface area contributed by atoms with E-state index in [4.69, 9.17) is 0 Å². The highest BCUT2D eigenvalue weighted by atomic mass is 79.9. The van der Waals surface area contributed by atoms with Crippen molar-refractivity contribution in [2.45, 2.75) is 10.9 Å². The van der Waals surface area contributed by atoms with Crippen LogP contribution in [0.3, 0.4) is 0 Å². The number of anilines is 1. The third-order valence-electron chi connectivity index (χ3n) is 2.96. The van der Waals surface area contributed by atoms with Crippen LogP contribution >= 0.6 is 43.6 Å². The Morgan fingerprint density at radius 2 is 1.94 bits per heavy atom.